The summed E-state index contributed by atoms with van der Waals surface area (Å²) in [6.07, 6.45) is 3.80. The Labute approximate surface area is 41.3 Å². The first-order valence-electron chi connectivity index (χ1n) is 1.67. The normalized spacial score (nSPS) is 18.3. The molecule has 0 fully saturated rings. The van der Waals surface area contributed by atoms with E-state index in [1.807, 2.05) is 12.3 Å². The quantitative estimate of drug-likeness (QED) is 0.459. The van der Waals surface area contributed by atoms with Crippen LogP contribution in [0.15, 0.2) is 23.8 Å². The molecule has 0 aromatic carbocycles. The molecule has 0 unspecified atom stereocenters. The van der Waals surface area contributed by atoms with Crippen LogP contribution in [-0.2, 0) is 0 Å². The van der Waals surface area contributed by atoms with Crippen LogP contribution in [-0.4, -0.2) is 0 Å². The topological polar surface area (TPSA) is 12.0 Å². The summed E-state index contributed by atoms with van der Waals surface area (Å²) in [5.41, 5.74) is 0. The fourth-order valence-electron chi connectivity index (χ4n) is 0.271. The molecule has 1 heterocycles. The number of rotatable bonds is 0. The molecule has 0 atom stereocenters. The SMILES string of the molecule is C=C1C=CNS1. The van der Waals surface area contributed by atoms with Gasteiger partial charge in [-0.25, -0.2) is 0 Å². The summed E-state index contributed by atoms with van der Waals surface area (Å²) >= 11 is 1.54. The van der Waals surface area contributed by atoms with Gasteiger partial charge in [0, 0.05) is 11.1 Å². The Bertz CT molecular complexity index is 95.7. The standard InChI is InChI=1S/C4H5NS/c1-4-2-3-5-6-4/h2-3,5H,1H2. The van der Waals surface area contributed by atoms with Gasteiger partial charge in [-0.1, -0.05) is 6.58 Å². The van der Waals surface area contributed by atoms with Crippen molar-refractivity contribution in [1.29, 1.82) is 0 Å². The Morgan fingerprint density at radius 1 is 1.83 bits per heavy atom. The van der Waals surface area contributed by atoms with E-state index in [1.165, 1.54) is 0 Å². The van der Waals surface area contributed by atoms with Crippen LogP contribution >= 0.6 is 11.9 Å². The average Bonchev–Trinajstić information content (AvgIpc) is 1.86. The minimum absolute atomic E-state index is 1.08. The van der Waals surface area contributed by atoms with Gasteiger partial charge in [0.2, 0.25) is 0 Å². The molecule has 1 N–H and O–H groups in total. The molecule has 0 aromatic rings. The lowest BCUT2D eigenvalue weighted by atomic mass is 10.6. The fourth-order valence-corrected chi connectivity index (χ4v) is 0.694. The Hall–Kier alpha value is -0.370. The van der Waals surface area contributed by atoms with Crippen LogP contribution in [0.25, 0.3) is 0 Å². The molecule has 0 aliphatic carbocycles. The highest BCUT2D eigenvalue weighted by Gasteiger charge is 1.90. The number of hydrogen-bond donors (Lipinski definition) is 1. The lowest BCUT2D eigenvalue weighted by Gasteiger charge is -1.81. The van der Waals surface area contributed by atoms with Crippen LogP contribution in [0.3, 0.4) is 0 Å². The zero-order valence-corrected chi connectivity index (χ0v) is 4.09. The fraction of sp³-hybridized carbons (Fsp3) is 0. The molecular weight excluding hydrogens is 94.1 g/mol. The third-order valence-corrected chi connectivity index (χ3v) is 1.18. The monoisotopic (exact) mass is 99.0 g/mol. The molecule has 2 heteroatoms. The first-order chi connectivity index (χ1) is 2.89. The van der Waals surface area contributed by atoms with Crippen molar-refractivity contribution in [3.63, 3.8) is 0 Å². The highest BCUT2D eigenvalue weighted by Crippen LogP contribution is 2.14. The molecule has 1 aliphatic heterocycles. The van der Waals surface area contributed by atoms with E-state index in [4.69, 9.17) is 0 Å². The Balaban J connectivity index is 2.59. The summed E-state index contributed by atoms with van der Waals surface area (Å²) in [5, 5.41) is 0. The van der Waals surface area contributed by atoms with Gasteiger partial charge >= 0.3 is 0 Å². The first kappa shape index (κ1) is 3.81. The molecule has 0 radical (unpaired) electrons. The van der Waals surface area contributed by atoms with Crippen LogP contribution in [0.2, 0.25) is 0 Å². The van der Waals surface area contributed by atoms with E-state index >= 15 is 0 Å². The average molecular weight is 99.2 g/mol. The molecule has 32 valence electrons. The number of hydrogen-bond acceptors (Lipinski definition) is 2. The molecule has 1 nitrogen and oxygen atoms in total. The van der Waals surface area contributed by atoms with E-state index in [1.54, 1.807) is 11.9 Å². The highest BCUT2D eigenvalue weighted by atomic mass is 32.2. The predicted octanol–water partition coefficient (Wildman–Crippen LogP) is 1.27. The molecule has 1 rings (SSSR count). The summed E-state index contributed by atoms with van der Waals surface area (Å²) in [4.78, 5) is 1.08. The van der Waals surface area contributed by atoms with Crippen LogP contribution in [0, 0.1) is 0 Å². The molecule has 0 bridgehead atoms. The van der Waals surface area contributed by atoms with Crippen molar-refractivity contribution in [3.05, 3.63) is 23.8 Å². The van der Waals surface area contributed by atoms with E-state index in [0.29, 0.717) is 0 Å². The summed E-state index contributed by atoms with van der Waals surface area (Å²) in [6.45, 7) is 3.67. The van der Waals surface area contributed by atoms with Crippen LogP contribution in [0.5, 0.6) is 0 Å². The predicted molar refractivity (Wildman–Crippen MR) is 29.0 cm³/mol. The zero-order chi connectivity index (χ0) is 4.41. The summed E-state index contributed by atoms with van der Waals surface area (Å²) in [7, 11) is 0. The zero-order valence-electron chi connectivity index (χ0n) is 3.27. The van der Waals surface area contributed by atoms with Crippen molar-refractivity contribution >= 4 is 11.9 Å². The maximum absolute atomic E-state index is 3.67. The molecule has 0 amide bonds. The molecule has 0 spiro atoms. The highest BCUT2D eigenvalue weighted by molar-refractivity contribution is 8.01. The smallest absolute Gasteiger partial charge is 0.0227 e. The van der Waals surface area contributed by atoms with Gasteiger partial charge in [-0.15, -0.1) is 0 Å². The van der Waals surface area contributed by atoms with Crippen molar-refractivity contribution in [2.75, 3.05) is 0 Å². The van der Waals surface area contributed by atoms with E-state index in [-0.39, 0.29) is 0 Å². The molecule has 6 heavy (non-hydrogen) atoms. The number of allylic oxidation sites excluding steroid dienone is 1. The maximum Gasteiger partial charge on any atom is 0.0227 e. The van der Waals surface area contributed by atoms with Crippen molar-refractivity contribution in [3.8, 4) is 0 Å². The number of nitrogens with one attached hydrogen (secondary N) is 1. The third-order valence-electron chi connectivity index (χ3n) is 0.527. The Morgan fingerprint density at radius 3 is 2.83 bits per heavy atom. The van der Waals surface area contributed by atoms with E-state index in [0.717, 1.165) is 4.91 Å². The van der Waals surface area contributed by atoms with Gasteiger partial charge < -0.3 is 4.72 Å². The second kappa shape index (κ2) is 1.39. The van der Waals surface area contributed by atoms with Gasteiger partial charge in [0.05, 0.1) is 0 Å². The largest absolute Gasteiger partial charge is 0.332 e. The van der Waals surface area contributed by atoms with Crippen LogP contribution in [0.4, 0.5) is 0 Å². The molecule has 0 aromatic heterocycles. The Morgan fingerprint density at radius 2 is 2.67 bits per heavy atom. The Kier molecular flexibility index (Phi) is 0.881. The maximum atomic E-state index is 3.67. The van der Waals surface area contributed by atoms with Gasteiger partial charge in [-0.2, -0.15) is 0 Å². The van der Waals surface area contributed by atoms with E-state index in [2.05, 4.69) is 11.3 Å². The molecule has 0 saturated carbocycles. The van der Waals surface area contributed by atoms with Gasteiger partial charge in [0.1, 0.15) is 0 Å². The lowest BCUT2D eigenvalue weighted by Crippen LogP contribution is -1.78. The minimum atomic E-state index is 1.08. The first-order valence-corrected chi connectivity index (χ1v) is 2.49. The van der Waals surface area contributed by atoms with Crippen molar-refractivity contribution < 1.29 is 0 Å². The lowest BCUT2D eigenvalue weighted by molar-refractivity contribution is 1.46. The second-order valence-electron chi connectivity index (χ2n) is 1.02. The van der Waals surface area contributed by atoms with Crippen LogP contribution in [0.1, 0.15) is 0 Å². The van der Waals surface area contributed by atoms with Crippen molar-refractivity contribution in [2.45, 2.75) is 0 Å². The van der Waals surface area contributed by atoms with Crippen molar-refractivity contribution in [2.24, 2.45) is 0 Å². The summed E-state index contributed by atoms with van der Waals surface area (Å²) in [5.74, 6) is 0. The van der Waals surface area contributed by atoms with E-state index < -0.39 is 0 Å². The molecular formula is C4H5NS. The second-order valence-corrected chi connectivity index (χ2v) is 1.98. The molecule has 0 saturated heterocycles. The van der Waals surface area contributed by atoms with Gasteiger partial charge in [-0.3, -0.25) is 0 Å². The minimum Gasteiger partial charge on any atom is -0.332 e. The third kappa shape index (κ3) is 0.571. The van der Waals surface area contributed by atoms with Gasteiger partial charge in [-0.05, 0) is 18.0 Å². The molecule has 1 aliphatic rings. The summed E-state index contributed by atoms with van der Waals surface area (Å²) in [6, 6.07) is 0. The summed E-state index contributed by atoms with van der Waals surface area (Å²) < 4.78 is 2.91. The van der Waals surface area contributed by atoms with Gasteiger partial charge in [0.25, 0.3) is 0 Å². The van der Waals surface area contributed by atoms with Crippen LogP contribution < -0.4 is 4.72 Å². The van der Waals surface area contributed by atoms with Crippen molar-refractivity contribution in [1.82, 2.24) is 4.72 Å². The van der Waals surface area contributed by atoms with Gasteiger partial charge in [0.15, 0.2) is 0 Å². The van der Waals surface area contributed by atoms with E-state index in [9.17, 15) is 0 Å².